The quantitative estimate of drug-likeness (QED) is 0.810. The van der Waals surface area contributed by atoms with Crippen molar-refractivity contribution in [3.8, 4) is 0 Å². The van der Waals surface area contributed by atoms with Gasteiger partial charge in [-0.05, 0) is 12.6 Å². The predicted molar refractivity (Wildman–Crippen MR) is 69.1 cm³/mol. The normalized spacial score (nSPS) is 17.3. The molecule has 96 valence electrons. The maximum Gasteiger partial charge on any atom is 0.229 e. The first-order valence-electron chi connectivity index (χ1n) is 6.25. The minimum absolute atomic E-state index is 0.0389. The van der Waals surface area contributed by atoms with Gasteiger partial charge in [0, 0.05) is 31.8 Å². The number of likely N-dealkylation sites (N-methyl/N-ethyl adjacent to an activating group) is 1. The molecule has 1 saturated heterocycles. The van der Waals surface area contributed by atoms with E-state index in [1.54, 1.807) is 0 Å². The van der Waals surface area contributed by atoms with E-state index < -0.39 is 0 Å². The molecule has 0 atom stereocenters. The maximum atomic E-state index is 12.0. The molecule has 1 aliphatic rings. The Kier molecular flexibility index (Phi) is 4.10. The predicted octanol–water partition coefficient (Wildman–Crippen LogP) is 1.14. The topological polar surface area (TPSA) is 49.4 Å². The number of benzene rings is 1. The van der Waals surface area contributed by atoms with E-state index in [0.717, 1.165) is 5.56 Å². The lowest BCUT2D eigenvalue weighted by atomic mass is 9.88. The lowest BCUT2D eigenvalue weighted by molar-refractivity contribution is -0.148. The molecular formula is C14H18N2O2. The van der Waals surface area contributed by atoms with Crippen molar-refractivity contribution in [3.63, 3.8) is 0 Å². The van der Waals surface area contributed by atoms with Crippen LogP contribution >= 0.6 is 0 Å². The number of hydrogen-bond donors (Lipinski definition) is 1. The fourth-order valence-corrected chi connectivity index (χ4v) is 2.29. The van der Waals surface area contributed by atoms with Crippen LogP contribution in [0.4, 0.5) is 0 Å². The molecule has 0 unspecified atom stereocenters. The summed E-state index contributed by atoms with van der Waals surface area (Å²) < 4.78 is 0. The fraction of sp³-hybridized carbons (Fsp3) is 0.429. The highest BCUT2D eigenvalue weighted by Crippen LogP contribution is 2.29. The van der Waals surface area contributed by atoms with Crippen molar-refractivity contribution in [2.24, 2.45) is 0 Å². The Morgan fingerprint density at radius 1 is 1.17 bits per heavy atom. The van der Waals surface area contributed by atoms with Gasteiger partial charge in [-0.15, -0.1) is 0 Å². The van der Waals surface area contributed by atoms with Gasteiger partial charge in [-0.3, -0.25) is 14.5 Å². The summed E-state index contributed by atoms with van der Waals surface area (Å²) in [7, 11) is 1.81. The number of nitrogens with one attached hydrogen (secondary N) is 1. The van der Waals surface area contributed by atoms with Gasteiger partial charge >= 0.3 is 0 Å². The molecule has 4 heteroatoms. The average molecular weight is 246 g/mol. The first-order valence-corrected chi connectivity index (χ1v) is 6.25. The lowest BCUT2D eigenvalue weighted by Crippen LogP contribution is -2.45. The first kappa shape index (κ1) is 12.8. The Bertz CT molecular complexity index is 413. The van der Waals surface area contributed by atoms with E-state index in [9.17, 15) is 9.59 Å². The Morgan fingerprint density at radius 3 is 2.33 bits per heavy atom. The Hall–Kier alpha value is -1.68. The van der Waals surface area contributed by atoms with Crippen LogP contribution in [0.25, 0.3) is 0 Å². The van der Waals surface area contributed by atoms with E-state index in [1.807, 2.05) is 37.4 Å². The van der Waals surface area contributed by atoms with Gasteiger partial charge in [0.05, 0.1) is 0 Å². The molecule has 1 aromatic rings. The molecule has 1 heterocycles. The molecule has 0 bridgehead atoms. The molecule has 0 radical (unpaired) electrons. The van der Waals surface area contributed by atoms with Crippen molar-refractivity contribution < 1.29 is 9.59 Å². The maximum absolute atomic E-state index is 12.0. The summed E-state index contributed by atoms with van der Waals surface area (Å²) >= 11 is 0. The number of imide groups is 1. The van der Waals surface area contributed by atoms with Crippen LogP contribution < -0.4 is 5.32 Å². The van der Waals surface area contributed by atoms with E-state index in [-0.39, 0.29) is 17.7 Å². The number of hydrogen-bond acceptors (Lipinski definition) is 3. The molecule has 0 aromatic heterocycles. The van der Waals surface area contributed by atoms with E-state index in [4.69, 9.17) is 0 Å². The van der Waals surface area contributed by atoms with Gasteiger partial charge in [-0.25, -0.2) is 0 Å². The molecule has 0 saturated carbocycles. The third-order valence-electron chi connectivity index (χ3n) is 3.30. The van der Waals surface area contributed by atoms with Gasteiger partial charge in [0.15, 0.2) is 0 Å². The van der Waals surface area contributed by atoms with Gasteiger partial charge < -0.3 is 5.32 Å². The summed E-state index contributed by atoms with van der Waals surface area (Å²) in [5.74, 6) is -0.0808. The van der Waals surface area contributed by atoms with Crippen LogP contribution in [0.1, 0.15) is 24.3 Å². The molecule has 1 aromatic carbocycles. The standard InChI is InChI=1S/C14H18N2O2/c1-15-7-8-16-13(17)9-12(10-14(16)18)11-5-3-2-4-6-11/h2-6,12,15H,7-10H2,1H3. The molecule has 2 amide bonds. The van der Waals surface area contributed by atoms with Crippen LogP contribution in [0.15, 0.2) is 30.3 Å². The number of carbonyl (C=O) groups excluding carboxylic acids is 2. The van der Waals surface area contributed by atoms with Crippen molar-refractivity contribution in [2.45, 2.75) is 18.8 Å². The van der Waals surface area contributed by atoms with Crippen LogP contribution in [-0.4, -0.2) is 36.9 Å². The van der Waals surface area contributed by atoms with Crippen molar-refractivity contribution in [1.82, 2.24) is 10.2 Å². The Balaban J connectivity index is 2.05. The van der Waals surface area contributed by atoms with Crippen LogP contribution in [0.5, 0.6) is 0 Å². The van der Waals surface area contributed by atoms with E-state index in [2.05, 4.69) is 5.32 Å². The molecule has 2 rings (SSSR count). The second kappa shape index (κ2) is 5.78. The second-order valence-electron chi connectivity index (χ2n) is 4.56. The zero-order chi connectivity index (χ0) is 13.0. The highest BCUT2D eigenvalue weighted by molar-refractivity contribution is 5.98. The van der Waals surface area contributed by atoms with Crippen LogP contribution in [-0.2, 0) is 9.59 Å². The van der Waals surface area contributed by atoms with Gasteiger partial charge in [-0.1, -0.05) is 30.3 Å². The zero-order valence-corrected chi connectivity index (χ0v) is 10.6. The second-order valence-corrected chi connectivity index (χ2v) is 4.56. The van der Waals surface area contributed by atoms with E-state index >= 15 is 0 Å². The summed E-state index contributed by atoms with van der Waals surface area (Å²) in [6, 6.07) is 9.79. The SMILES string of the molecule is CNCCN1C(=O)CC(c2ccccc2)CC1=O. The smallest absolute Gasteiger partial charge is 0.229 e. The zero-order valence-electron chi connectivity index (χ0n) is 10.6. The highest BCUT2D eigenvalue weighted by Gasteiger charge is 2.32. The largest absolute Gasteiger partial charge is 0.318 e. The van der Waals surface area contributed by atoms with Crippen molar-refractivity contribution in [2.75, 3.05) is 20.1 Å². The Morgan fingerprint density at radius 2 is 1.78 bits per heavy atom. The number of rotatable bonds is 4. The molecule has 1 fully saturated rings. The lowest BCUT2D eigenvalue weighted by Gasteiger charge is -2.30. The minimum Gasteiger partial charge on any atom is -0.318 e. The Labute approximate surface area is 107 Å². The number of piperidine rings is 1. The number of nitrogens with zero attached hydrogens (tertiary/aromatic N) is 1. The molecule has 0 aliphatic carbocycles. The van der Waals surface area contributed by atoms with Crippen molar-refractivity contribution >= 4 is 11.8 Å². The monoisotopic (exact) mass is 246 g/mol. The summed E-state index contributed by atoms with van der Waals surface area (Å²) in [4.78, 5) is 25.3. The summed E-state index contributed by atoms with van der Waals surface area (Å²) in [5.41, 5.74) is 1.08. The first-order chi connectivity index (χ1) is 8.72. The molecule has 1 N–H and O–H groups in total. The molecule has 4 nitrogen and oxygen atoms in total. The molecule has 0 spiro atoms. The van der Waals surface area contributed by atoms with Crippen LogP contribution in [0.3, 0.4) is 0 Å². The molecular weight excluding hydrogens is 228 g/mol. The van der Waals surface area contributed by atoms with Gasteiger partial charge in [0.2, 0.25) is 11.8 Å². The third kappa shape index (κ3) is 2.76. The molecule has 18 heavy (non-hydrogen) atoms. The van der Waals surface area contributed by atoms with E-state index in [1.165, 1.54) is 4.90 Å². The summed E-state index contributed by atoms with van der Waals surface area (Å²) in [5, 5.41) is 2.95. The highest BCUT2D eigenvalue weighted by atomic mass is 16.2. The fourth-order valence-electron chi connectivity index (χ4n) is 2.29. The average Bonchev–Trinajstić information content (AvgIpc) is 2.39. The third-order valence-corrected chi connectivity index (χ3v) is 3.30. The molecule has 1 aliphatic heterocycles. The summed E-state index contributed by atoms with van der Waals surface area (Å²) in [6.45, 7) is 1.11. The van der Waals surface area contributed by atoms with Gasteiger partial charge in [-0.2, -0.15) is 0 Å². The van der Waals surface area contributed by atoms with Crippen molar-refractivity contribution in [3.05, 3.63) is 35.9 Å². The summed E-state index contributed by atoms with van der Waals surface area (Å²) in [6.07, 6.45) is 0.860. The van der Waals surface area contributed by atoms with Crippen LogP contribution in [0.2, 0.25) is 0 Å². The van der Waals surface area contributed by atoms with Crippen LogP contribution in [0, 0.1) is 0 Å². The number of carbonyl (C=O) groups is 2. The van der Waals surface area contributed by atoms with E-state index in [0.29, 0.717) is 25.9 Å². The van der Waals surface area contributed by atoms with Crippen molar-refractivity contribution in [1.29, 1.82) is 0 Å². The van der Waals surface area contributed by atoms with Gasteiger partial charge in [0.1, 0.15) is 0 Å². The minimum atomic E-state index is -0.0599. The number of likely N-dealkylation sites (tertiary alicyclic amines) is 1. The number of amides is 2. The van der Waals surface area contributed by atoms with Gasteiger partial charge in [0.25, 0.3) is 0 Å².